The number of nitrogens with one attached hydrogen (secondary N) is 1. The van der Waals surface area contributed by atoms with E-state index in [1.165, 1.54) is 125 Å². The molecule has 3 nitrogen and oxygen atoms in total. The molecule has 4 saturated heterocycles. The molecule has 0 spiro atoms. The van der Waals surface area contributed by atoms with Crippen LogP contribution in [0.25, 0.3) is 0 Å². The molecule has 0 radical (unpaired) electrons. The maximum atomic E-state index is 4.76. The molecule has 10 heteroatoms. The van der Waals surface area contributed by atoms with Gasteiger partial charge in [0.25, 0.3) is 0 Å². The van der Waals surface area contributed by atoms with Crippen molar-refractivity contribution in [3.63, 3.8) is 0 Å². The molecule has 8 atom stereocenters. The summed E-state index contributed by atoms with van der Waals surface area (Å²) in [6, 6.07) is 90.5. The molecule has 8 aromatic carbocycles. The van der Waals surface area contributed by atoms with Gasteiger partial charge >= 0.3 is 0 Å². The lowest BCUT2D eigenvalue weighted by Gasteiger charge is -2.45. The minimum atomic E-state index is -0.382. The van der Waals surface area contributed by atoms with Gasteiger partial charge < -0.3 is 4.90 Å². The fourth-order valence-electron chi connectivity index (χ4n) is 13.7. The zero-order valence-electron chi connectivity index (χ0n) is 53.8. The number of unbranched alkanes of at least 4 members (excludes halogenated alkanes) is 2. The first-order valence-electron chi connectivity index (χ1n) is 33.4. The van der Waals surface area contributed by atoms with Crippen molar-refractivity contribution in [2.24, 2.45) is 0 Å². The van der Waals surface area contributed by atoms with Gasteiger partial charge in [0.2, 0.25) is 0 Å². The average Bonchev–Trinajstić information content (AvgIpc) is 1.82. The van der Waals surface area contributed by atoms with Crippen LogP contribution < -0.4 is 5.09 Å². The maximum absolute atomic E-state index is 4.76. The van der Waals surface area contributed by atoms with Crippen molar-refractivity contribution >= 4 is 75.0 Å². The normalized spacial score (nSPS) is 21.9. The largest absolute Gasteiger partial charge is 0.304 e. The summed E-state index contributed by atoms with van der Waals surface area (Å²) in [5, 5.41) is 4.14. The van der Waals surface area contributed by atoms with Gasteiger partial charge in [0, 0.05) is 51.8 Å². The van der Waals surface area contributed by atoms with Crippen molar-refractivity contribution in [1.82, 2.24) is 14.4 Å². The molecule has 472 valence electrons. The molecule has 1 N–H and O–H groups in total. The zero-order valence-corrected chi connectivity index (χ0v) is 61.0. The van der Waals surface area contributed by atoms with Crippen molar-refractivity contribution in [2.45, 2.75) is 157 Å². The number of alkyl halides is 2. The lowest BCUT2D eigenvalue weighted by molar-refractivity contribution is 0.321. The SMILES string of the molecule is CCCCN(P1[C@@H](c2ccccc2)CC[C@@H]1c1ccccc1)P1[C@@H](c2ccccc2)CC[C@@H]1c1ccccc1.CCCCNP1[C@@H](c2ccccc2)CC[C@@H]1c1ccccc1.CCN(CC)CC.ClCCl.IP1[C@@H](c2ccccc2)CC[C@@H]1c1ccccc1. The predicted molar refractivity (Wildman–Crippen MR) is 407 cm³/mol. The highest BCUT2D eigenvalue weighted by Crippen LogP contribution is 2.84. The Morgan fingerprint density at radius 3 is 0.809 bits per heavy atom. The van der Waals surface area contributed by atoms with Crippen LogP contribution in [0.1, 0.15) is 201 Å². The molecule has 4 fully saturated rings. The van der Waals surface area contributed by atoms with Gasteiger partial charge in [-0.2, -0.15) is 0 Å². The van der Waals surface area contributed by atoms with E-state index in [0.717, 1.165) is 17.9 Å². The molecule has 4 aliphatic heterocycles. The fraction of sp³-hybridized carbons (Fsp3) is 0.392. The maximum Gasteiger partial charge on any atom is 0.0967 e. The fourth-order valence-corrected chi connectivity index (χ4v) is 31.5. The third-order valence-corrected chi connectivity index (χ3v) is 35.2. The van der Waals surface area contributed by atoms with Crippen LogP contribution in [0.4, 0.5) is 0 Å². The van der Waals surface area contributed by atoms with E-state index >= 15 is 0 Å². The van der Waals surface area contributed by atoms with Gasteiger partial charge in [-0.3, -0.25) is 9.53 Å². The molecule has 89 heavy (non-hydrogen) atoms. The molecule has 0 aromatic heterocycles. The van der Waals surface area contributed by atoms with Crippen molar-refractivity contribution in [3.05, 3.63) is 287 Å². The van der Waals surface area contributed by atoms with Gasteiger partial charge in [-0.15, -0.1) is 23.2 Å². The molecular weight excluding hydrogens is 1310 g/mol. The second-order valence-corrected chi connectivity index (χ2v) is 37.4. The zero-order chi connectivity index (χ0) is 62.4. The summed E-state index contributed by atoms with van der Waals surface area (Å²) in [6.45, 7) is 17.2. The van der Waals surface area contributed by atoms with Crippen LogP contribution in [0.2, 0.25) is 0 Å². The molecule has 0 saturated carbocycles. The quantitative estimate of drug-likeness (QED) is 0.0355. The molecule has 4 aliphatic rings. The predicted octanol–water partition coefficient (Wildman–Crippen LogP) is 26.3. The number of rotatable bonds is 20. The van der Waals surface area contributed by atoms with Crippen LogP contribution in [-0.2, 0) is 0 Å². The van der Waals surface area contributed by atoms with E-state index in [9.17, 15) is 0 Å². The Balaban J connectivity index is 0.000000172. The minimum Gasteiger partial charge on any atom is -0.304 e. The monoisotopic (exact) mass is 1410 g/mol. The smallest absolute Gasteiger partial charge is 0.0967 e. The van der Waals surface area contributed by atoms with Gasteiger partial charge in [-0.1, -0.05) is 312 Å². The van der Waals surface area contributed by atoms with E-state index in [1.807, 2.05) is 0 Å². The molecule has 4 heterocycles. The van der Waals surface area contributed by atoms with Gasteiger partial charge in [-0.05, 0) is 165 Å². The van der Waals surface area contributed by atoms with E-state index in [2.05, 4.69) is 314 Å². The van der Waals surface area contributed by atoms with Crippen molar-refractivity contribution in [1.29, 1.82) is 0 Å². The van der Waals surface area contributed by atoms with E-state index < -0.39 is 0 Å². The summed E-state index contributed by atoms with van der Waals surface area (Å²) in [4.78, 5) is 2.38. The minimum absolute atomic E-state index is 0.0256. The number of benzene rings is 8. The summed E-state index contributed by atoms with van der Waals surface area (Å²) < 4.78 is 3.18. The second kappa shape index (κ2) is 40.0. The molecule has 0 unspecified atom stereocenters. The Labute approximate surface area is 567 Å². The summed E-state index contributed by atoms with van der Waals surface area (Å²) in [5.41, 5.74) is 17.9. The Hall–Kier alpha value is -3.33. The van der Waals surface area contributed by atoms with Gasteiger partial charge in [-0.25, -0.2) is 0 Å². The van der Waals surface area contributed by atoms with E-state index in [0.29, 0.717) is 34.0 Å². The number of hydrogen-bond acceptors (Lipinski definition) is 3. The van der Waals surface area contributed by atoms with Crippen molar-refractivity contribution in [2.75, 3.05) is 38.1 Å². The van der Waals surface area contributed by atoms with Crippen LogP contribution in [0.3, 0.4) is 0 Å². The van der Waals surface area contributed by atoms with Gasteiger partial charge in [0.15, 0.2) is 0 Å². The summed E-state index contributed by atoms with van der Waals surface area (Å²) >= 11 is 12.3. The standard InChI is InChI=1S/C36H41NP2.C20H26NP.C16H16IP.C6H15N.CH2Cl2/c1-2-3-28-37(38-33(29-16-8-4-9-17-29)24-25-34(38)30-18-10-5-11-19-30)39-35(31-20-12-6-13-21-31)26-27-36(39)32-22-14-7-15-23-32;1-2-3-16-21-22-19(17-10-6-4-7-11-17)14-15-20(22)18-12-8-5-9-13-18;17-18-15(13-7-3-1-4-8-13)11-12-16(18)14-9-5-2-6-10-14;1-4-7(5-2)6-3;2-1-3/h4-23,33-36H,2-3,24-28H2,1H3;4-13,19-21H,2-3,14-16H2,1H3;1-10,15-16H,11-12H2;4-6H2,1-3H3;1H2/t33-,34-,35-,36-;19-,20-;15-,16-;;/m111../s1. The molecule has 0 bridgehead atoms. The summed E-state index contributed by atoms with van der Waals surface area (Å²) in [5.74, 6) is 0. The lowest BCUT2D eigenvalue weighted by atomic mass is 10.0. The number of hydrogen-bond donors (Lipinski definition) is 1. The highest BCUT2D eigenvalue weighted by atomic mass is 127. The van der Waals surface area contributed by atoms with Crippen molar-refractivity contribution < 1.29 is 0 Å². The number of nitrogens with zero attached hydrogens (tertiary/aromatic N) is 2. The van der Waals surface area contributed by atoms with Gasteiger partial charge in [0.1, 0.15) is 0 Å². The first kappa shape index (κ1) is 71.5. The van der Waals surface area contributed by atoms with E-state index in [1.54, 1.807) is 22.3 Å². The topological polar surface area (TPSA) is 18.5 Å². The molecule has 0 amide bonds. The average molecular weight is 1410 g/mol. The Kier molecular flexibility index (Phi) is 32.2. The Bertz CT molecular complexity index is 2790. The highest BCUT2D eigenvalue weighted by molar-refractivity contribution is 14.2. The number of halogens is 3. The lowest BCUT2D eigenvalue weighted by Crippen LogP contribution is -2.21. The molecule has 0 aliphatic carbocycles. The Morgan fingerprint density at radius 1 is 0.348 bits per heavy atom. The van der Waals surface area contributed by atoms with Gasteiger partial charge in [0.05, 0.1) is 5.34 Å². The van der Waals surface area contributed by atoms with Crippen LogP contribution in [0.15, 0.2) is 243 Å². The summed E-state index contributed by atoms with van der Waals surface area (Å²) in [6.07, 6.45) is 15.6. The first-order valence-corrected chi connectivity index (χ1v) is 43.1. The van der Waals surface area contributed by atoms with Crippen LogP contribution >= 0.6 is 75.0 Å². The third-order valence-electron chi connectivity index (χ3n) is 18.3. The molecule has 12 rings (SSSR count). The highest BCUT2D eigenvalue weighted by Gasteiger charge is 2.49. The van der Waals surface area contributed by atoms with E-state index in [4.69, 9.17) is 23.2 Å². The van der Waals surface area contributed by atoms with Crippen LogP contribution in [-0.4, -0.2) is 47.4 Å². The van der Waals surface area contributed by atoms with Crippen LogP contribution in [0, 0.1) is 0 Å². The molecular formula is C79H100Cl2IN3P4. The van der Waals surface area contributed by atoms with Crippen molar-refractivity contribution in [3.8, 4) is 0 Å². The second-order valence-electron chi connectivity index (χ2n) is 23.7. The van der Waals surface area contributed by atoms with Crippen LogP contribution in [0.5, 0.6) is 0 Å². The van der Waals surface area contributed by atoms with E-state index in [-0.39, 0.29) is 35.1 Å². The first-order chi connectivity index (χ1) is 43.9. The Morgan fingerprint density at radius 2 is 0.573 bits per heavy atom. The molecule has 8 aromatic rings. The third kappa shape index (κ3) is 20.6. The summed E-state index contributed by atoms with van der Waals surface area (Å²) in [7, 11) is -0.951.